The molecule has 2 rings (SSSR count). The van der Waals surface area contributed by atoms with Crippen molar-refractivity contribution in [2.45, 2.75) is 20.8 Å². The number of carbonyl (C=O) groups excluding carboxylic acids is 1. The molecule has 22 heavy (non-hydrogen) atoms. The molecule has 0 aliphatic heterocycles. The van der Waals surface area contributed by atoms with E-state index < -0.39 is 17.0 Å². The van der Waals surface area contributed by atoms with Crippen molar-refractivity contribution in [1.29, 1.82) is 0 Å². The zero-order valence-electron chi connectivity index (χ0n) is 12.4. The number of nitrogens with one attached hydrogen (secondary N) is 2. The van der Waals surface area contributed by atoms with Gasteiger partial charge in [0.05, 0.1) is 0 Å². The van der Waals surface area contributed by atoms with Crippen LogP contribution in [-0.4, -0.2) is 16.1 Å². The van der Waals surface area contributed by atoms with E-state index in [1.54, 1.807) is 32.9 Å². The molecule has 2 N–H and O–H groups in total. The van der Waals surface area contributed by atoms with Crippen LogP contribution >= 0.6 is 0 Å². The number of aromatic nitrogens is 2. The fraction of sp³-hybridized carbons (Fsp3) is 0.267. The molecule has 1 amide bonds. The highest BCUT2D eigenvalue weighted by Gasteiger charge is 2.21. The molecular weight excluding hydrogens is 290 g/mol. The first-order chi connectivity index (χ1) is 10.3. The first-order valence-electron chi connectivity index (χ1n) is 6.63. The molecule has 0 aliphatic carbocycles. The van der Waals surface area contributed by atoms with E-state index in [0.717, 1.165) is 12.1 Å². The Kier molecular flexibility index (Phi) is 4.35. The summed E-state index contributed by atoms with van der Waals surface area (Å²) in [7, 11) is 0. The van der Waals surface area contributed by atoms with Gasteiger partial charge in [-0.25, -0.2) is 8.78 Å². The second-order valence-electron chi connectivity index (χ2n) is 5.76. The summed E-state index contributed by atoms with van der Waals surface area (Å²) in [6.07, 6.45) is 0. The normalized spacial score (nSPS) is 11.1. The van der Waals surface area contributed by atoms with Crippen LogP contribution in [0.15, 0.2) is 30.3 Å². The molecule has 5 nitrogen and oxygen atoms in total. The van der Waals surface area contributed by atoms with Gasteiger partial charge in [-0.3, -0.25) is 4.79 Å². The predicted octanol–water partition coefficient (Wildman–Crippen LogP) is 3.48. The van der Waals surface area contributed by atoms with Gasteiger partial charge >= 0.3 is 0 Å². The average molecular weight is 306 g/mol. The van der Waals surface area contributed by atoms with Gasteiger partial charge in [0, 0.05) is 17.2 Å². The molecule has 116 valence electrons. The lowest BCUT2D eigenvalue weighted by atomic mass is 9.96. The zero-order valence-corrected chi connectivity index (χ0v) is 12.4. The molecule has 0 atom stereocenters. The molecule has 0 aliphatic rings. The summed E-state index contributed by atoms with van der Waals surface area (Å²) < 4.78 is 25.9. The van der Waals surface area contributed by atoms with Crippen molar-refractivity contribution in [3.8, 4) is 0 Å². The van der Waals surface area contributed by atoms with Crippen LogP contribution in [0.2, 0.25) is 0 Å². The molecule has 1 aromatic heterocycles. The number of rotatable bonds is 3. The van der Waals surface area contributed by atoms with Gasteiger partial charge < -0.3 is 10.6 Å². The van der Waals surface area contributed by atoms with Crippen LogP contribution in [0.3, 0.4) is 0 Å². The van der Waals surface area contributed by atoms with E-state index >= 15 is 0 Å². The lowest BCUT2D eigenvalue weighted by molar-refractivity contribution is -0.123. The lowest BCUT2D eigenvalue weighted by Crippen LogP contribution is -2.28. The molecule has 0 unspecified atom stereocenters. The Hall–Kier alpha value is -2.57. The highest BCUT2D eigenvalue weighted by Crippen LogP contribution is 2.19. The first kappa shape index (κ1) is 15.8. The number of amides is 1. The summed E-state index contributed by atoms with van der Waals surface area (Å²) in [4.78, 5) is 11.8. The van der Waals surface area contributed by atoms with Crippen LogP contribution in [0.1, 0.15) is 20.8 Å². The third kappa shape index (κ3) is 3.97. The summed E-state index contributed by atoms with van der Waals surface area (Å²) in [5.41, 5.74) is -0.191. The Bertz CT molecular complexity index is 681. The maximum absolute atomic E-state index is 13.1. The van der Waals surface area contributed by atoms with Crippen molar-refractivity contribution in [1.82, 2.24) is 10.2 Å². The fourth-order valence-corrected chi connectivity index (χ4v) is 1.49. The van der Waals surface area contributed by atoms with Crippen LogP contribution in [0.25, 0.3) is 0 Å². The van der Waals surface area contributed by atoms with E-state index in [9.17, 15) is 13.6 Å². The zero-order chi connectivity index (χ0) is 16.3. The molecule has 0 fully saturated rings. The summed E-state index contributed by atoms with van der Waals surface area (Å²) in [6, 6.07) is 6.57. The summed E-state index contributed by atoms with van der Waals surface area (Å²) >= 11 is 0. The van der Waals surface area contributed by atoms with Gasteiger partial charge in [0.25, 0.3) is 0 Å². The second-order valence-corrected chi connectivity index (χ2v) is 5.76. The van der Waals surface area contributed by atoms with Gasteiger partial charge in [0.15, 0.2) is 23.3 Å². The number of hydrogen-bond donors (Lipinski definition) is 2. The predicted molar refractivity (Wildman–Crippen MR) is 79.8 cm³/mol. The SMILES string of the molecule is CC(C)(C)C(=O)Nc1ccc(Nc2ccc(F)c(F)c2)nn1. The molecule has 0 saturated heterocycles. The number of halogens is 2. The van der Waals surface area contributed by atoms with Gasteiger partial charge in [0.1, 0.15) is 0 Å². The van der Waals surface area contributed by atoms with Crippen LogP contribution in [0.5, 0.6) is 0 Å². The molecule has 7 heteroatoms. The molecule has 2 aromatic rings. The number of hydrogen-bond acceptors (Lipinski definition) is 4. The first-order valence-corrected chi connectivity index (χ1v) is 6.63. The van der Waals surface area contributed by atoms with Crippen molar-refractivity contribution >= 4 is 23.2 Å². The molecule has 1 aromatic carbocycles. The molecule has 0 spiro atoms. The largest absolute Gasteiger partial charge is 0.339 e. The van der Waals surface area contributed by atoms with Crippen LogP contribution in [0, 0.1) is 17.0 Å². The Morgan fingerprint density at radius 3 is 2.18 bits per heavy atom. The number of carbonyl (C=O) groups is 1. The van der Waals surface area contributed by atoms with Gasteiger partial charge in [-0.05, 0) is 24.3 Å². The maximum atomic E-state index is 13.1. The Balaban J connectivity index is 2.06. The number of benzene rings is 1. The average Bonchev–Trinajstić information content (AvgIpc) is 2.44. The van der Waals surface area contributed by atoms with E-state index in [0.29, 0.717) is 17.3 Å². The highest BCUT2D eigenvalue weighted by atomic mass is 19.2. The standard InChI is InChI=1S/C15H16F2N4O/c1-15(2,3)14(22)19-13-7-6-12(20-21-13)18-9-4-5-10(16)11(17)8-9/h4-8H,1-3H3,(H,18,20)(H,19,21,22). The van der Waals surface area contributed by atoms with E-state index in [2.05, 4.69) is 20.8 Å². The summed E-state index contributed by atoms with van der Waals surface area (Å²) in [5, 5.41) is 13.2. The van der Waals surface area contributed by atoms with Crippen molar-refractivity contribution in [3.05, 3.63) is 42.0 Å². The van der Waals surface area contributed by atoms with Crippen molar-refractivity contribution in [2.75, 3.05) is 10.6 Å². The monoisotopic (exact) mass is 306 g/mol. The van der Waals surface area contributed by atoms with Gasteiger partial charge in [-0.1, -0.05) is 20.8 Å². The van der Waals surface area contributed by atoms with Crippen molar-refractivity contribution in [2.24, 2.45) is 5.41 Å². The van der Waals surface area contributed by atoms with E-state index in [4.69, 9.17) is 0 Å². The third-order valence-corrected chi connectivity index (χ3v) is 2.78. The quantitative estimate of drug-likeness (QED) is 0.911. The lowest BCUT2D eigenvalue weighted by Gasteiger charge is -2.16. The second kappa shape index (κ2) is 6.05. The minimum absolute atomic E-state index is 0.178. The number of nitrogens with zero attached hydrogens (tertiary/aromatic N) is 2. The summed E-state index contributed by atoms with van der Waals surface area (Å²) in [6.45, 7) is 5.36. The smallest absolute Gasteiger partial charge is 0.230 e. The van der Waals surface area contributed by atoms with Crippen LogP contribution < -0.4 is 10.6 Å². The Labute approximate surface area is 126 Å². The Morgan fingerprint density at radius 1 is 1.00 bits per heavy atom. The molecule has 1 heterocycles. The Morgan fingerprint density at radius 2 is 1.64 bits per heavy atom. The highest BCUT2D eigenvalue weighted by molar-refractivity contribution is 5.93. The minimum Gasteiger partial charge on any atom is -0.339 e. The topological polar surface area (TPSA) is 66.9 Å². The molecule has 0 saturated carbocycles. The minimum atomic E-state index is -0.952. The van der Waals surface area contributed by atoms with Gasteiger partial charge in [-0.15, -0.1) is 10.2 Å². The van der Waals surface area contributed by atoms with E-state index in [1.165, 1.54) is 6.07 Å². The van der Waals surface area contributed by atoms with Crippen molar-refractivity contribution in [3.63, 3.8) is 0 Å². The van der Waals surface area contributed by atoms with Gasteiger partial charge in [-0.2, -0.15) is 0 Å². The van der Waals surface area contributed by atoms with Crippen molar-refractivity contribution < 1.29 is 13.6 Å². The molecular formula is C15H16F2N4O. The maximum Gasteiger partial charge on any atom is 0.230 e. The fourth-order valence-electron chi connectivity index (χ4n) is 1.49. The molecule has 0 bridgehead atoms. The van der Waals surface area contributed by atoms with E-state index in [1.807, 2.05) is 0 Å². The van der Waals surface area contributed by atoms with E-state index in [-0.39, 0.29) is 5.91 Å². The third-order valence-electron chi connectivity index (χ3n) is 2.78. The summed E-state index contributed by atoms with van der Waals surface area (Å²) in [5.74, 6) is -1.39. The number of anilines is 3. The van der Waals surface area contributed by atoms with Crippen LogP contribution in [0.4, 0.5) is 26.1 Å². The van der Waals surface area contributed by atoms with Gasteiger partial charge in [0.2, 0.25) is 5.91 Å². The van der Waals surface area contributed by atoms with Crippen LogP contribution in [-0.2, 0) is 4.79 Å². The molecule has 0 radical (unpaired) electrons.